The van der Waals surface area contributed by atoms with Crippen molar-refractivity contribution in [1.29, 1.82) is 0 Å². The van der Waals surface area contributed by atoms with E-state index in [0.29, 0.717) is 0 Å². The molecular formula is C48H32N4. The van der Waals surface area contributed by atoms with Crippen molar-refractivity contribution in [2.45, 2.75) is 12.8 Å². The minimum absolute atomic E-state index is 0.940. The van der Waals surface area contributed by atoms with Crippen LogP contribution in [0.3, 0.4) is 0 Å². The Hall–Kier alpha value is -6.78. The number of allylic oxidation sites excluding steroid dienone is 4. The minimum Gasteiger partial charge on any atom is -0.293 e. The number of imidazole rings is 2. The Kier molecular flexibility index (Phi) is 6.34. The summed E-state index contributed by atoms with van der Waals surface area (Å²) in [6.07, 6.45) is 6.48. The van der Waals surface area contributed by atoms with Crippen molar-refractivity contribution >= 4 is 71.3 Å². The summed E-state index contributed by atoms with van der Waals surface area (Å²) in [5.74, 6) is 1.03. The van der Waals surface area contributed by atoms with Crippen LogP contribution in [0.4, 0.5) is 0 Å². The summed E-state index contributed by atoms with van der Waals surface area (Å²) in [7, 11) is 0. The van der Waals surface area contributed by atoms with Gasteiger partial charge in [-0.15, -0.1) is 0 Å². The van der Waals surface area contributed by atoms with Crippen molar-refractivity contribution in [2.75, 3.05) is 0 Å². The Morgan fingerprint density at radius 1 is 0.423 bits per heavy atom. The summed E-state index contributed by atoms with van der Waals surface area (Å²) >= 11 is 0. The number of rotatable bonds is 4. The van der Waals surface area contributed by atoms with Crippen molar-refractivity contribution in [3.05, 3.63) is 181 Å². The van der Waals surface area contributed by atoms with Crippen LogP contribution in [0.1, 0.15) is 24.2 Å². The summed E-state index contributed by atoms with van der Waals surface area (Å²) in [5.41, 5.74) is 13.9. The van der Waals surface area contributed by atoms with Crippen LogP contribution >= 0.6 is 0 Å². The van der Waals surface area contributed by atoms with Crippen LogP contribution < -0.4 is 0 Å². The average Bonchev–Trinajstić information content (AvgIpc) is 3.81. The van der Waals surface area contributed by atoms with Gasteiger partial charge in [-0.2, -0.15) is 0 Å². The van der Waals surface area contributed by atoms with Gasteiger partial charge in [0.2, 0.25) is 0 Å². The van der Waals surface area contributed by atoms with E-state index in [1.54, 1.807) is 0 Å². The van der Waals surface area contributed by atoms with Crippen molar-refractivity contribution in [3.8, 4) is 16.8 Å². The fourth-order valence-electron chi connectivity index (χ4n) is 8.26. The number of benzene rings is 7. The molecule has 1 aliphatic rings. The normalized spacial score (nSPS) is 13.5. The fraction of sp³-hybridized carbons (Fsp3) is 0.0417. The van der Waals surface area contributed by atoms with Crippen LogP contribution in [0.5, 0.6) is 0 Å². The first-order valence-electron chi connectivity index (χ1n) is 18.0. The molecule has 0 unspecified atom stereocenters. The number of hydrogen-bond acceptors (Lipinski definition) is 2. The maximum Gasteiger partial charge on any atom is 0.146 e. The fourth-order valence-corrected chi connectivity index (χ4v) is 8.26. The lowest BCUT2D eigenvalue weighted by molar-refractivity contribution is 0.990. The molecule has 4 heteroatoms. The largest absolute Gasteiger partial charge is 0.293 e. The Morgan fingerprint density at radius 3 is 1.85 bits per heavy atom. The van der Waals surface area contributed by atoms with E-state index in [9.17, 15) is 0 Å². The maximum atomic E-state index is 5.13. The molecule has 0 radical (unpaired) electrons. The van der Waals surface area contributed by atoms with Crippen LogP contribution in [0.15, 0.2) is 170 Å². The molecule has 0 N–H and O–H groups in total. The van der Waals surface area contributed by atoms with E-state index in [1.807, 2.05) is 0 Å². The van der Waals surface area contributed by atoms with Crippen molar-refractivity contribution < 1.29 is 0 Å². The van der Waals surface area contributed by atoms with Crippen LogP contribution in [-0.4, -0.2) is 18.9 Å². The van der Waals surface area contributed by atoms with E-state index in [0.717, 1.165) is 52.1 Å². The maximum absolute atomic E-state index is 5.13. The predicted octanol–water partition coefficient (Wildman–Crippen LogP) is 12.2. The second kappa shape index (κ2) is 11.4. The molecule has 0 amide bonds. The van der Waals surface area contributed by atoms with E-state index in [4.69, 9.17) is 9.97 Å². The number of fused-ring (bicyclic) bond motifs is 10. The van der Waals surface area contributed by atoms with Crippen LogP contribution in [-0.2, 0) is 0 Å². The van der Waals surface area contributed by atoms with Gasteiger partial charge in [0.25, 0.3) is 0 Å². The third-order valence-electron chi connectivity index (χ3n) is 10.8. The Balaban J connectivity index is 0.958. The summed E-state index contributed by atoms with van der Waals surface area (Å²) in [4.78, 5) is 10.2. The summed E-state index contributed by atoms with van der Waals surface area (Å²) in [5, 5.41) is 6.11. The monoisotopic (exact) mass is 664 g/mol. The Bertz CT molecular complexity index is 3120. The van der Waals surface area contributed by atoms with Gasteiger partial charge in [0.15, 0.2) is 0 Å². The molecule has 0 aliphatic heterocycles. The van der Waals surface area contributed by atoms with Crippen LogP contribution in [0.2, 0.25) is 0 Å². The Labute approximate surface area is 300 Å². The first-order chi connectivity index (χ1) is 25.8. The molecule has 11 rings (SSSR count). The van der Waals surface area contributed by atoms with Gasteiger partial charge in [-0.25, -0.2) is 9.97 Å². The molecule has 0 fully saturated rings. The predicted molar refractivity (Wildman–Crippen MR) is 217 cm³/mol. The number of nitrogens with zero attached hydrogens (tertiary/aromatic N) is 4. The van der Waals surface area contributed by atoms with Gasteiger partial charge < -0.3 is 0 Å². The van der Waals surface area contributed by atoms with Crippen LogP contribution in [0, 0.1) is 0 Å². The minimum atomic E-state index is 0.940. The first-order valence-corrected chi connectivity index (χ1v) is 18.0. The molecule has 10 aromatic rings. The first kappa shape index (κ1) is 29.0. The Morgan fingerprint density at radius 2 is 1.04 bits per heavy atom. The van der Waals surface area contributed by atoms with Gasteiger partial charge in [0.05, 0.1) is 27.6 Å². The molecule has 1 aliphatic carbocycles. The number of hydrogen-bond donors (Lipinski definition) is 0. The third-order valence-corrected chi connectivity index (χ3v) is 10.8. The van der Waals surface area contributed by atoms with Gasteiger partial charge in [0.1, 0.15) is 11.5 Å². The van der Waals surface area contributed by atoms with Crippen LogP contribution in [0.25, 0.3) is 88.1 Å². The highest BCUT2D eigenvalue weighted by Crippen LogP contribution is 2.38. The highest BCUT2D eigenvalue weighted by atomic mass is 15.1. The summed E-state index contributed by atoms with van der Waals surface area (Å²) in [6.45, 7) is 0. The molecule has 52 heavy (non-hydrogen) atoms. The topological polar surface area (TPSA) is 35.1 Å². The third kappa shape index (κ3) is 4.47. The standard InChI is InChI=1S/C48H32N4/c1-2-10-38(11-3-1)51-45-16-8-5-13-42(45)49-47(51)32-20-18-31(19-21-32)33-22-23-35-29-36(25-24-34(35)28-33)37-26-27-39-40-12-4-7-15-44(40)52-46-17-9-6-14-43(46)50-48(52)41(39)30-37/h1-18,20,22-30H,19,21H2. The molecule has 0 saturated carbocycles. The molecule has 0 atom stereocenters. The highest BCUT2D eigenvalue weighted by Gasteiger charge is 2.19. The van der Waals surface area contributed by atoms with Crippen molar-refractivity contribution in [1.82, 2.24) is 18.9 Å². The SMILES string of the molecule is C1=C(c2ccc3cc(-c4ccc5c6ccccc6n6c7ccccc7nc6c5c4)ccc3c2)CCC(c2nc3ccccc3n2-c2ccccc2)=C1. The second-order valence-electron chi connectivity index (χ2n) is 13.8. The lowest BCUT2D eigenvalue weighted by Gasteiger charge is -2.17. The van der Waals surface area contributed by atoms with E-state index in [2.05, 4.69) is 179 Å². The molecule has 0 bridgehead atoms. The van der Waals surface area contributed by atoms with Crippen molar-refractivity contribution in [3.63, 3.8) is 0 Å². The second-order valence-corrected chi connectivity index (χ2v) is 13.8. The van der Waals surface area contributed by atoms with E-state index in [-0.39, 0.29) is 0 Å². The zero-order chi connectivity index (χ0) is 34.2. The van der Waals surface area contributed by atoms with E-state index in [1.165, 1.54) is 60.3 Å². The van der Waals surface area contributed by atoms with E-state index < -0.39 is 0 Å². The summed E-state index contributed by atoms with van der Waals surface area (Å²) < 4.78 is 4.61. The molecule has 0 spiro atoms. The molecule has 4 nitrogen and oxygen atoms in total. The smallest absolute Gasteiger partial charge is 0.146 e. The highest BCUT2D eigenvalue weighted by molar-refractivity contribution is 6.14. The molecule has 3 aromatic heterocycles. The van der Waals surface area contributed by atoms with Gasteiger partial charge >= 0.3 is 0 Å². The molecule has 0 saturated heterocycles. The van der Waals surface area contributed by atoms with Gasteiger partial charge in [0, 0.05) is 16.5 Å². The van der Waals surface area contributed by atoms with Gasteiger partial charge in [-0.3, -0.25) is 8.97 Å². The van der Waals surface area contributed by atoms with Gasteiger partial charge in [-0.05, 0) is 118 Å². The molecule has 3 heterocycles. The van der Waals surface area contributed by atoms with E-state index >= 15 is 0 Å². The molecule has 7 aromatic carbocycles. The quantitative estimate of drug-likeness (QED) is 0.176. The number of aromatic nitrogens is 4. The number of para-hydroxylation sites is 6. The van der Waals surface area contributed by atoms with Gasteiger partial charge in [-0.1, -0.05) is 109 Å². The summed E-state index contributed by atoms with van der Waals surface area (Å²) in [6, 6.07) is 56.6. The number of pyridine rings is 1. The molecular weight excluding hydrogens is 633 g/mol. The average molecular weight is 665 g/mol. The zero-order valence-electron chi connectivity index (χ0n) is 28.4. The molecule has 244 valence electrons. The zero-order valence-corrected chi connectivity index (χ0v) is 28.4. The lowest BCUT2D eigenvalue weighted by Crippen LogP contribution is -2.03. The van der Waals surface area contributed by atoms with Crippen molar-refractivity contribution in [2.24, 2.45) is 0 Å². The lowest BCUT2D eigenvalue weighted by atomic mass is 9.91.